The van der Waals surface area contributed by atoms with Crippen LogP contribution in [0.1, 0.15) is 24.6 Å². The molecule has 2 aromatic rings. The molecule has 2 aliphatic rings. The van der Waals surface area contributed by atoms with Gasteiger partial charge < -0.3 is 10.2 Å². The van der Waals surface area contributed by atoms with E-state index < -0.39 is 0 Å². The van der Waals surface area contributed by atoms with Gasteiger partial charge in [0.1, 0.15) is 16.8 Å². The third-order valence-corrected chi connectivity index (χ3v) is 5.38. The maximum Gasteiger partial charge on any atom is 0.238 e. The van der Waals surface area contributed by atoms with Gasteiger partial charge in [-0.05, 0) is 25.0 Å². The van der Waals surface area contributed by atoms with Crippen molar-refractivity contribution in [1.29, 1.82) is 0 Å². The largest absolute Gasteiger partial charge is 0.354 e. The molecule has 1 amide bonds. The minimum Gasteiger partial charge on any atom is -0.354 e. The fraction of sp³-hybridized carbons (Fsp3) is 0.421. The Morgan fingerprint density at radius 1 is 1.11 bits per heavy atom. The molecule has 8 heteroatoms. The molecule has 0 spiro atoms. The molecule has 1 aromatic carbocycles. The molecule has 1 saturated heterocycles. The maximum absolute atomic E-state index is 12.3. The van der Waals surface area contributed by atoms with Gasteiger partial charge in [0.25, 0.3) is 0 Å². The molecule has 0 radical (unpaired) electrons. The standard InChI is InChI=1S/C19H21Cl2N5O/c20-14-3-1-2-4-15(14)22-18(27)12-25-7-9-26(10-8-25)17-11-16(21)23-19(24-17)13-5-6-13/h1-4,11,13H,5-10,12H2,(H,22,27). The van der Waals surface area contributed by atoms with Gasteiger partial charge in [0, 0.05) is 38.2 Å². The third-order valence-electron chi connectivity index (χ3n) is 4.85. The van der Waals surface area contributed by atoms with Gasteiger partial charge in [0.05, 0.1) is 17.3 Å². The molecule has 1 N–H and O–H groups in total. The number of halogens is 2. The molecule has 1 aromatic heterocycles. The van der Waals surface area contributed by atoms with E-state index in [4.69, 9.17) is 23.2 Å². The number of carbonyl (C=O) groups excluding carboxylic acids is 1. The molecule has 1 saturated carbocycles. The van der Waals surface area contributed by atoms with E-state index in [9.17, 15) is 4.79 Å². The minimum atomic E-state index is -0.0577. The van der Waals surface area contributed by atoms with Crippen LogP contribution in [0.4, 0.5) is 11.5 Å². The Kier molecular flexibility index (Phi) is 5.48. The summed E-state index contributed by atoms with van der Waals surface area (Å²) in [6, 6.07) is 9.08. The summed E-state index contributed by atoms with van der Waals surface area (Å²) in [6.07, 6.45) is 2.29. The highest BCUT2D eigenvalue weighted by molar-refractivity contribution is 6.33. The van der Waals surface area contributed by atoms with Crippen molar-refractivity contribution >= 4 is 40.6 Å². The summed E-state index contributed by atoms with van der Waals surface area (Å²) in [5, 5.41) is 3.92. The van der Waals surface area contributed by atoms with Gasteiger partial charge in [-0.15, -0.1) is 0 Å². The first kappa shape index (κ1) is 18.5. The van der Waals surface area contributed by atoms with Crippen molar-refractivity contribution in [2.45, 2.75) is 18.8 Å². The first-order valence-electron chi connectivity index (χ1n) is 9.14. The number of benzene rings is 1. The summed E-state index contributed by atoms with van der Waals surface area (Å²) in [5.74, 6) is 2.16. The van der Waals surface area contributed by atoms with E-state index in [-0.39, 0.29) is 5.91 Å². The Morgan fingerprint density at radius 2 is 1.85 bits per heavy atom. The van der Waals surface area contributed by atoms with Gasteiger partial charge in [-0.25, -0.2) is 9.97 Å². The molecule has 6 nitrogen and oxygen atoms in total. The van der Waals surface area contributed by atoms with Crippen LogP contribution < -0.4 is 10.2 Å². The molecule has 0 unspecified atom stereocenters. The van der Waals surface area contributed by atoms with Crippen LogP contribution in [0.2, 0.25) is 10.2 Å². The van der Waals surface area contributed by atoms with Crippen LogP contribution in [-0.2, 0) is 4.79 Å². The van der Waals surface area contributed by atoms with Crippen molar-refractivity contribution in [2.24, 2.45) is 0 Å². The van der Waals surface area contributed by atoms with Crippen LogP contribution in [-0.4, -0.2) is 53.5 Å². The monoisotopic (exact) mass is 405 g/mol. The molecule has 27 heavy (non-hydrogen) atoms. The van der Waals surface area contributed by atoms with Crippen molar-refractivity contribution in [2.75, 3.05) is 42.9 Å². The van der Waals surface area contributed by atoms with Gasteiger partial charge >= 0.3 is 0 Å². The van der Waals surface area contributed by atoms with Crippen molar-refractivity contribution in [3.05, 3.63) is 46.3 Å². The number of amides is 1. The number of piperazine rings is 1. The Morgan fingerprint density at radius 3 is 2.56 bits per heavy atom. The average molecular weight is 406 g/mol. The lowest BCUT2D eigenvalue weighted by molar-refractivity contribution is -0.117. The van der Waals surface area contributed by atoms with Gasteiger partial charge in [0.2, 0.25) is 5.91 Å². The van der Waals surface area contributed by atoms with Gasteiger partial charge in [-0.2, -0.15) is 0 Å². The smallest absolute Gasteiger partial charge is 0.238 e. The molecule has 1 aliphatic carbocycles. The minimum absolute atomic E-state index is 0.0577. The van der Waals surface area contributed by atoms with Gasteiger partial charge in [-0.3, -0.25) is 9.69 Å². The number of carbonyl (C=O) groups is 1. The highest BCUT2D eigenvalue weighted by atomic mass is 35.5. The molecule has 2 heterocycles. The van der Waals surface area contributed by atoms with E-state index in [0.717, 1.165) is 50.7 Å². The summed E-state index contributed by atoms with van der Waals surface area (Å²) in [6.45, 7) is 3.53. The molecule has 1 aliphatic heterocycles. The SMILES string of the molecule is O=C(CN1CCN(c2cc(Cl)nc(C3CC3)n2)CC1)Nc1ccccc1Cl. The second-order valence-electron chi connectivity index (χ2n) is 6.97. The van der Waals surface area contributed by atoms with E-state index in [1.54, 1.807) is 12.1 Å². The summed E-state index contributed by atoms with van der Waals surface area (Å²) < 4.78 is 0. The number of hydrogen-bond acceptors (Lipinski definition) is 5. The molecular formula is C19H21Cl2N5O. The fourth-order valence-electron chi connectivity index (χ4n) is 3.20. The maximum atomic E-state index is 12.3. The zero-order valence-electron chi connectivity index (χ0n) is 14.9. The van der Waals surface area contributed by atoms with E-state index in [2.05, 4.69) is 25.1 Å². The van der Waals surface area contributed by atoms with Crippen molar-refractivity contribution in [1.82, 2.24) is 14.9 Å². The zero-order valence-corrected chi connectivity index (χ0v) is 16.4. The van der Waals surface area contributed by atoms with Crippen LogP contribution >= 0.6 is 23.2 Å². The summed E-state index contributed by atoms with van der Waals surface area (Å²) >= 11 is 12.3. The zero-order chi connectivity index (χ0) is 18.8. The molecular weight excluding hydrogens is 385 g/mol. The van der Waals surface area contributed by atoms with Gasteiger partial charge in [-0.1, -0.05) is 35.3 Å². The van der Waals surface area contributed by atoms with Crippen molar-refractivity contribution < 1.29 is 4.79 Å². The fourth-order valence-corrected chi connectivity index (χ4v) is 3.57. The van der Waals surface area contributed by atoms with Crippen LogP contribution in [0, 0.1) is 0 Å². The predicted octanol–water partition coefficient (Wildman–Crippen LogP) is 3.42. The van der Waals surface area contributed by atoms with Crippen LogP contribution in [0.3, 0.4) is 0 Å². The molecule has 4 rings (SSSR count). The number of nitrogens with one attached hydrogen (secondary N) is 1. The Labute approximate surface area is 168 Å². The average Bonchev–Trinajstić information content (AvgIpc) is 3.49. The Balaban J connectivity index is 1.31. The number of nitrogens with zero attached hydrogens (tertiary/aromatic N) is 4. The summed E-state index contributed by atoms with van der Waals surface area (Å²) in [7, 11) is 0. The first-order chi connectivity index (χ1) is 13.1. The molecule has 0 bridgehead atoms. The lowest BCUT2D eigenvalue weighted by Gasteiger charge is -2.35. The Bertz CT molecular complexity index is 835. The number of hydrogen-bond donors (Lipinski definition) is 1. The number of para-hydroxylation sites is 1. The summed E-state index contributed by atoms with van der Waals surface area (Å²) in [5.41, 5.74) is 0.644. The van der Waals surface area contributed by atoms with E-state index >= 15 is 0 Å². The Hall–Kier alpha value is -1.89. The van der Waals surface area contributed by atoms with Crippen molar-refractivity contribution in [3.63, 3.8) is 0 Å². The lowest BCUT2D eigenvalue weighted by atomic mass is 10.3. The van der Waals surface area contributed by atoms with Crippen molar-refractivity contribution in [3.8, 4) is 0 Å². The molecule has 0 atom stereocenters. The number of anilines is 2. The van der Waals surface area contributed by atoms with Crippen LogP contribution in [0.5, 0.6) is 0 Å². The molecule has 2 fully saturated rings. The quantitative estimate of drug-likeness (QED) is 0.772. The number of rotatable bonds is 5. The second kappa shape index (κ2) is 8.00. The molecule has 142 valence electrons. The topological polar surface area (TPSA) is 61.4 Å². The van der Waals surface area contributed by atoms with E-state index in [1.807, 2.05) is 18.2 Å². The van der Waals surface area contributed by atoms with Crippen LogP contribution in [0.15, 0.2) is 30.3 Å². The highest BCUT2D eigenvalue weighted by Gasteiger charge is 2.28. The van der Waals surface area contributed by atoms with E-state index in [0.29, 0.717) is 28.3 Å². The van der Waals surface area contributed by atoms with E-state index in [1.165, 1.54) is 0 Å². The first-order valence-corrected chi connectivity index (χ1v) is 9.90. The highest BCUT2D eigenvalue weighted by Crippen LogP contribution is 2.39. The lowest BCUT2D eigenvalue weighted by Crippen LogP contribution is -2.49. The normalized spacial score (nSPS) is 17.8. The van der Waals surface area contributed by atoms with Gasteiger partial charge in [0.15, 0.2) is 0 Å². The predicted molar refractivity (Wildman–Crippen MR) is 108 cm³/mol. The number of aromatic nitrogens is 2. The summed E-state index contributed by atoms with van der Waals surface area (Å²) in [4.78, 5) is 25.7. The third kappa shape index (κ3) is 4.69. The second-order valence-corrected chi connectivity index (χ2v) is 7.77. The van der Waals surface area contributed by atoms with Crippen LogP contribution in [0.25, 0.3) is 0 Å².